The van der Waals surface area contributed by atoms with E-state index >= 15 is 0 Å². The molecule has 4 heteroatoms. The van der Waals surface area contributed by atoms with Gasteiger partial charge in [0.25, 0.3) is 0 Å². The molecule has 2 rings (SSSR count). The van der Waals surface area contributed by atoms with E-state index in [-0.39, 0.29) is 5.54 Å². The zero-order valence-corrected chi connectivity index (χ0v) is 9.60. The summed E-state index contributed by atoms with van der Waals surface area (Å²) >= 11 is 0. The van der Waals surface area contributed by atoms with Crippen LogP contribution in [0.4, 0.5) is 0 Å². The predicted molar refractivity (Wildman–Crippen MR) is 60.6 cm³/mol. The van der Waals surface area contributed by atoms with Gasteiger partial charge in [-0.1, -0.05) is 0 Å². The molecular formula is C12H16N2O2. The van der Waals surface area contributed by atoms with Crippen LogP contribution in [0.2, 0.25) is 0 Å². The number of carbonyl (C=O) groups is 1. The predicted octanol–water partition coefficient (Wildman–Crippen LogP) is 1.42. The number of hydrogen-bond donors (Lipinski definition) is 1. The molecule has 1 aliphatic carbocycles. The monoisotopic (exact) mass is 220 g/mol. The molecule has 4 nitrogen and oxygen atoms in total. The lowest BCUT2D eigenvalue weighted by Crippen LogP contribution is -2.33. The van der Waals surface area contributed by atoms with Gasteiger partial charge < -0.3 is 10.0 Å². The average molecular weight is 220 g/mol. The van der Waals surface area contributed by atoms with Crippen LogP contribution in [0, 0.1) is 0 Å². The first kappa shape index (κ1) is 11.1. The summed E-state index contributed by atoms with van der Waals surface area (Å²) in [6, 6.07) is 3.29. The molecule has 1 aliphatic rings. The number of aromatic nitrogens is 1. The van der Waals surface area contributed by atoms with Crippen molar-refractivity contribution in [3.05, 3.63) is 29.6 Å². The second-order valence-corrected chi connectivity index (χ2v) is 4.60. The maximum Gasteiger partial charge on any atom is 0.337 e. The summed E-state index contributed by atoms with van der Waals surface area (Å²) in [5.41, 5.74) is 1.16. The zero-order chi connectivity index (χ0) is 11.8. The van der Waals surface area contributed by atoms with Gasteiger partial charge in [0, 0.05) is 18.2 Å². The summed E-state index contributed by atoms with van der Waals surface area (Å²) in [7, 11) is 4.08. The van der Waals surface area contributed by atoms with Crippen molar-refractivity contribution in [2.24, 2.45) is 0 Å². The number of likely N-dealkylation sites (N-methyl/N-ethyl adjacent to an activating group) is 1. The molecule has 16 heavy (non-hydrogen) atoms. The van der Waals surface area contributed by atoms with E-state index in [4.69, 9.17) is 5.11 Å². The quantitative estimate of drug-likeness (QED) is 0.833. The molecule has 1 N–H and O–H groups in total. The Hall–Kier alpha value is -1.42. The fraction of sp³-hybridized carbons (Fsp3) is 0.500. The van der Waals surface area contributed by atoms with Gasteiger partial charge in [0.15, 0.2) is 0 Å². The topological polar surface area (TPSA) is 53.4 Å². The number of carboxylic acids is 1. The van der Waals surface area contributed by atoms with Crippen molar-refractivity contribution < 1.29 is 9.90 Å². The number of carboxylic acid groups (broad SMARTS) is 1. The van der Waals surface area contributed by atoms with Gasteiger partial charge in [-0.15, -0.1) is 0 Å². The molecule has 0 radical (unpaired) electrons. The second-order valence-electron chi connectivity index (χ2n) is 4.60. The summed E-state index contributed by atoms with van der Waals surface area (Å²) in [6.45, 7) is 0. The molecular weight excluding hydrogens is 204 g/mol. The molecule has 0 amide bonds. The normalized spacial score (nSPS) is 17.4. The first-order chi connectivity index (χ1) is 7.55. The van der Waals surface area contributed by atoms with Gasteiger partial charge in [-0.05, 0) is 39.1 Å². The van der Waals surface area contributed by atoms with Crippen LogP contribution in [-0.4, -0.2) is 40.6 Å². The van der Waals surface area contributed by atoms with Crippen molar-refractivity contribution in [2.75, 3.05) is 14.1 Å². The summed E-state index contributed by atoms with van der Waals surface area (Å²) in [5.74, 6) is -0.891. The third-order valence-electron chi connectivity index (χ3n) is 3.39. The molecule has 0 aromatic carbocycles. The van der Waals surface area contributed by atoms with Crippen molar-refractivity contribution in [3.8, 4) is 0 Å². The highest BCUT2D eigenvalue weighted by Crippen LogP contribution is 2.42. The van der Waals surface area contributed by atoms with E-state index < -0.39 is 5.97 Å². The molecule has 1 saturated carbocycles. The first-order valence-corrected chi connectivity index (χ1v) is 5.40. The standard InChI is InChI=1S/C12H16N2O2/c1-14(2)12(5-6-12)8-10-9(11(15)16)4-3-7-13-10/h3-4,7H,5-6,8H2,1-2H3,(H,15,16). The van der Waals surface area contributed by atoms with Gasteiger partial charge >= 0.3 is 5.97 Å². The van der Waals surface area contributed by atoms with Crippen molar-refractivity contribution >= 4 is 5.97 Å². The number of hydrogen-bond acceptors (Lipinski definition) is 3. The summed E-state index contributed by atoms with van der Waals surface area (Å²) in [6.07, 6.45) is 4.63. The first-order valence-electron chi connectivity index (χ1n) is 5.40. The Labute approximate surface area is 94.9 Å². The van der Waals surface area contributed by atoms with Gasteiger partial charge in [-0.25, -0.2) is 4.79 Å². The molecule has 86 valence electrons. The summed E-state index contributed by atoms with van der Waals surface area (Å²) < 4.78 is 0. The highest BCUT2D eigenvalue weighted by atomic mass is 16.4. The summed E-state index contributed by atoms with van der Waals surface area (Å²) in [4.78, 5) is 17.4. The fourth-order valence-corrected chi connectivity index (χ4v) is 2.01. The van der Waals surface area contributed by atoms with Crippen LogP contribution in [0.3, 0.4) is 0 Å². The number of pyridine rings is 1. The molecule has 1 aromatic heterocycles. The maximum absolute atomic E-state index is 11.0. The molecule has 1 heterocycles. The van der Waals surface area contributed by atoms with Crippen LogP contribution in [0.15, 0.2) is 18.3 Å². The van der Waals surface area contributed by atoms with Gasteiger partial charge in [-0.2, -0.15) is 0 Å². The minimum Gasteiger partial charge on any atom is -0.478 e. The largest absolute Gasteiger partial charge is 0.478 e. The van der Waals surface area contributed by atoms with Crippen LogP contribution in [-0.2, 0) is 6.42 Å². The van der Waals surface area contributed by atoms with Crippen molar-refractivity contribution in [1.82, 2.24) is 9.88 Å². The third-order valence-corrected chi connectivity index (χ3v) is 3.39. The number of rotatable bonds is 4. The highest BCUT2D eigenvalue weighted by molar-refractivity contribution is 5.88. The lowest BCUT2D eigenvalue weighted by molar-refractivity contribution is 0.0694. The van der Waals surface area contributed by atoms with E-state index in [1.807, 2.05) is 14.1 Å². The second kappa shape index (κ2) is 3.87. The smallest absolute Gasteiger partial charge is 0.337 e. The number of aromatic carboxylic acids is 1. The van der Waals surface area contributed by atoms with Crippen molar-refractivity contribution in [1.29, 1.82) is 0 Å². The van der Waals surface area contributed by atoms with Crippen LogP contribution >= 0.6 is 0 Å². The van der Waals surface area contributed by atoms with Crippen LogP contribution < -0.4 is 0 Å². The van der Waals surface area contributed by atoms with Gasteiger partial charge in [-0.3, -0.25) is 4.98 Å². The van der Waals surface area contributed by atoms with Crippen LogP contribution in [0.25, 0.3) is 0 Å². The van der Waals surface area contributed by atoms with E-state index in [9.17, 15) is 4.79 Å². The minimum absolute atomic E-state index is 0.137. The molecule has 0 aliphatic heterocycles. The van der Waals surface area contributed by atoms with Crippen molar-refractivity contribution in [3.63, 3.8) is 0 Å². The van der Waals surface area contributed by atoms with Gasteiger partial charge in [0.05, 0.1) is 11.3 Å². The Morgan fingerprint density at radius 1 is 1.56 bits per heavy atom. The van der Waals surface area contributed by atoms with Gasteiger partial charge in [0.2, 0.25) is 0 Å². The molecule has 0 atom stereocenters. The van der Waals surface area contributed by atoms with E-state index in [1.165, 1.54) is 0 Å². The van der Waals surface area contributed by atoms with Gasteiger partial charge in [0.1, 0.15) is 0 Å². The molecule has 0 spiro atoms. The number of nitrogens with zero attached hydrogens (tertiary/aromatic N) is 2. The van der Waals surface area contributed by atoms with Crippen LogP contribution in [0.1, 0.15) is 28.9 Å². The van der Waals surface area contributed by atoms with E-state index in [1.54, 1.807) is 18.3 Å². The van der Waals surface area contributed by atoms with E-state index in [0.29, 0.717) is 11.3 Å². The molecule has 0 bridgehead atoms. The Morgan fingerprint density at radius 3 is 2.75 bits per heavy atom. The Bertz CT molecular complexity index is 411. The summed E-state index contributed by atoms with van der Waals surface area (Å²) in [5, 5.41) is 9.07. The molecule has 1 fully saturated rings. The SMILES string of the molecule is CN(C)C1(Cc2ncccc2C(=O)O)CC1. The molecule has 0 unspecified atom stereocenters. The Balaban J connectivity index is 2.25. The van der Waals surface area contributed by atoms with E-state index in [2.05, 4.69) is 9.88 Å². The van der Waals surface area contributed by atoms with Crippen LogP contribution in [0.5, 0.6) is 0 Å². The molecule has 1 aromatic rings. The maximum atomic E-state index is 11.0. The molecule has 0 saturated heterocycles. The highest BCUT2D eigenvalue weighted by Gasteiger charge is 2.45. The Morgan fingerprint density at radius 2 is 2.25 bits per heavy atom. The lowest BCUT2D eigenvalue weighted by atomic mass is 10.0. The minimum atomic E-state index is -0.891. The zero-order valence-electron chi connectivity index (χ0n) is 9.60. The fourth-order valence-electron chi connectivity index (χ4n) is 2.01. The van der Waals surface area contributed by atoms with Crippen molar-refractivity contribution in [2.45, 2.75) is 24.8 Å². The van der Waals surface area contributed by atoms with E-state index in [0.717, 1.165) is 19.3 Å². The lowest BCUT2D eigenvalue weighted by Gasteiger charge is -2.23. The average Bonchev–Trinajstić information content (AvgIpc) is 2.99. The third kappa shape index (κ3) is 1.93. The Kier molecular flexibility index (Phi) is 2.68.